The Morgan fingerprint density at radius 2 is 1.85 bits per heavy atom. The van der Waals surface area contributed by atoms with Crippen LogP contribution in [0.1, 0.15) is 37.4 Å². The molecule has 0 radical (unpaired) electrons. The Morgan fingerprint density at radius 1 is 1.05 bits per heavy atom. The number of ether oxygens (including phenoxy) is 5. The molecule has 0 spiro atoms. The summed E-state index contributed by atoms with van der Waals surface area (Å²) in [6.07, 6.45) is 2.57. The number of esters is 1. The summed E-state index contributed by atoms with van der Waals surface area (Å²) in [6.45, 7) is 4.59. The first-order valence-corrected chi connectivity index (χ1v) is 13.4. The first-order chi connectivity index (χ1) is 18.9. The number of nitrogens with zero attached hydrogens (tertiary/aromatic N) is 2. The fraction of sp³-hybridized carbons (Fsp3) is 0.345. The summed E-state index contributed by atoms with van der Waals surface area (Å²) in [6, 6.07) is 12.0. The summed E-state index contributed by atoms with van der Waals surface area (Å²) in [5.41, 5.74) is 1.85. The smallest absolute Gasteiger partial charge is 0.338 e. The van der Waals surface area contributed by atoms with E-state index < -0.39 is 12.0 Å². The maximum atomic E-state index is 14.0. The molecule has 1 aromatic heterocycles. The minimum Gasteiger partial charge on any atom is -0.497 e. The van der Waals surface area contributed by atoms with Crippen molar-refractivity contribution in [2.75, 3.05) is 41.2 Å². The maximum Gasteiger partial charge on any atom is 0.338 e. The van der Waals surface area contributed by atoms with Crippen LogP contribution < -0.4 is 29.1 Å². The molecule has 0 N–H and O–H groups in total. The molecule has 10 heteroatoms. The zero-order chi connectivity index (χ0) is 27.9. The van der Waals surface area contributed by atoms with Gasteiger partial charge >= 0.3 is 5.97 Å². The Hall–Kier alpha value is -3.89. The first kappa shape index (κ1) is 28.1. The number of rotatable bonds is 11. The van der Waals surface area contributed by atoms with Crippen LogP contribution in [0.15, 0.2) is 63.5 Å². The van der Waals surface area contributed by atoms with Gasteiger partial charge in [0.25, 0.3) is 5.56 Å². The van der Waals surface area contributed by atoms with E-state index in [-0.39, 0.29) is 24.3 Å². The number of fused-ring (bicyclic) bond motifs is 1. The van der Waals surface area contributed by atoms with E-state index in [2.05, 4.69) is 4.99 Å². The topological polar surface area (TPSA) is 97.6 Å². The number of benzene rings is 2. The van der Waals surface area contributed by atoms with E-state index in [1.165, 1.54) is 18.4 Å². The molecule has 2 aromatic carbocycles. The lowest BCUT2D eigenvalue weighted by Crippen LogP contribution is -2.40. The average Bonchev–Trinajstić information content (AvgIpc) is 3.25. The summed E-state index contributed by atoms with van der Waals surface area (Å²) >= 11 is 1.24. The van der Waals surface area contributed by atoms with E-state index in [1.807, 2.05) is 37.3 Å². The minimum absolute atomic E-state index is 0.0779. The molecule has 0 saturated heterocycles. The van der Waals surface area contributed by atoms with Gasteiger partial charge in [0.15, 0.2) is 4.80 Å². The monoisotopic (exact) mass is 552 g/mol. The third-order valence-electron chi connectivity index (χ3n) is 6.16. The van der Waals surface area contributed by atoms with Crippen molar-refractivity contribution in [2.45, 2.75) is 26.3 Å². The zero-order valence-corrected chi connectivity index (χ0v) is 23.5. The van der Waals surface area contributed by atoms with Crippen molar-refractivity contribution >= 4 is 23.4 Å². The van der Waals surface area contributed by atoms with Crippen molar-refractivity contribution in [1.29, 1.82) is 0 Å². The Kier molecular flexibility index (Phi) is 9.21. The van der Waals surface area contributed by atoms with Gasteiger partial charge in [-0.3, -0.25) is 9.36 Å². The molecule has 1 aliphatic rings. The quantitative estimate of drug-likeness (QED) is 0.266. The van der Waals surface area contributed by atoms with Crippen LogP contribution >= 0.6 is 11.3 Å². The van der Waals surface area contributed by atoms with Crippen LogP contribution in [0.3, 0.4) is 0 Å². The number of methoxy groups -OCH3 is 3. The van der Waals surface area contributed by atoms with Crippen LogP contribution in [0.4, 0.5) is 0 Å². The molecule has 39 heavy (non-hydrogen) atoms. The number of carbonyl (C=O) groups excluding carboxylic acids is 1. The largest absolute Gasteiger partial charge is 0.497 e. The number of para-hydroxylation sites is 1. The minimum atomic E-state index is -0.788. The maximum absolute atomic E-state index is 14.0. The zero-order valence-electron chi connectivity index (χ0n) is 22.7. The van der Waals surface area contributed by atoms with Gasteiger partial charge in [-0.15, -0.1) is 0 Å². The lowest BCUT2D eigenvalue weighted by Gasteiger charge is -2.26. The summed E-state index contributed by atoms with van der Waals surface area (Å²) < 4.78 is 29.4. The molecule has 9 nitrogen and oxygen atoms in total. The molecule has 1 atom stereocenters. The molecule has 2 heterocycles. The molecule has 4 rings (SSSR count). The predicted octanol–water partition coefficient (Wildman–Crippen LogP) is 3.23. The third kappa shape index (κ3) is 5.91. The van der Waals surface area contributed by atoms with Crippen molar-refractivity contribution < 1.29 is 28.5 Å². The Bertz CT molecular complexity index is 1550. The second-order valence-corrected chi connectivity index (χ2v) is 9.71. The fourth-order valence-corrected chi connectivity index (χ4v) is 5.34. The SMILES string of the molecule is CCCOc1ccccc1[C@@H]1C(C(=O)OCCOC)=C(C)N=c2s/c(=C/c3ccc(OC)cc3OC)c(=O)n21. The average molecular weight is 553 g/mol. The van der Waals surface area contributed by atoms with Crippen molar-refractivity contribution in [3.05, 3.63) is 84.5 Å². The summed E-state index contributed by atoms with van der Waals surface area (Å²) in [5.74, 6) is 1.23. The highest BCUT2D eigenvalue weighted by atomic mass is 32.1. The van der Waals surface area contributed by atoms with Gasteiger partial charge in [-0.1, -0.05) is 36.5 Å². The summed E-state index contributed by atoms with van der Waals surface area (Å²) in [5, 5.41) is 0. The molecular formula is C29H32N2O7S. The lowest BCUT2D eigenvalue weighted by molar-refractivity contribution is -0.140. The van der Waals surface area contributed by atoms with Gasteiger partial charge in [0.2, 0.25) is 0 Å². The van der Waals surface area contributed by atoms with Gasteiger partial charge in [0, 0.05) is 24.3 Å². The molecule has 0 saturated carbocycles. The Balaban J connectivity index is 1.92. The molecule has 0 bridgehead atoms. The number of thiazole rings is 1. The van der Waals surface area contributed by atoms with Crippen molar-refractivity contribution in [3.8, 4) is 17.2 Å². The number of hydrogen-bond acceptors (Lipinski definition) is 9. The number of aromatic nitrogens is 1. The number of allylic oxidation sites excluding steroid dienone is 1. The molecule has 1 aliphatic heterocycles. The highest BCUT2D eigenvalue weighted by molar-refractivity contribution is 7.07. The second kappa shape index (κ2) is 12.8. The van der Waals surface area contributed by atoms with Gasteiger partial charge < -0.3 is 23.7 Å². The highest BCUT2D eigenvalue weighted by Gasteiger charge is 2.35. The normalized spacial score (nSPS) is 15.0. The Labute approximate surface area is 230 Å². The molecule has 206 valence electrons. The van der Waals surface area contributed by atoms with Crippen LogP contribution in [0.2, 0.25) is 0 Å². The van der Waals surface area contributed by atoms with Gasteiger partial charge in [0.05, 0.1) is 43.2 Å². The van der Waals surface area contributed by atoms with Crippen LogP contribution in [0.5, 0.6) is 17.2 Å². The summed E-state index contributed by atoms with van der Waals surface area (Å²) in [7, 11) is 4.67. The molecule has 0 fully saturated rings. The number of hydrogen-bond donors (Lipinski definition) is 0. The molecule has 0 aliphatic carbocycles. The van der Waals surface area contributed by atoms with Crippen LogP contribution in [-0.4, -0.2) is 51.7 Å². The summed E-state index contributed by atoms with van der Waals surface area (Å²) in [4.78, 5) is 32.5. The number of carbonyl (C=O) groups is 1. The van der Waals surface area contributed by atoms with Gasteiger partial charge in [0.1, 0.15) is 29.9 Å². The van der Waals surface area contributed by atoms with E-state index in [0.717, 1.165) is 6.42 Å². The molecule has 0 amide bonds. The van der Waals surface area contributed by atoms with Gasteiger partial charge in [-0.25, -0.2) is 9.79 Å². The van der Waals surface area contributed by atoms with Crippen LogP contribution in [0.25, 0.3) is 6.08 Å². The van der Waals surface area contributed by atoms with Gasteiger partial charge in [-0.05, 0) is 37.6 Å². The second-order valence-electron chi connectivity index (χ2n) is 8.70. The van der Waals surface area contributed by atoms with Crippen molar-refractivity contribution in [1.82, 2.24) is 4.57 Å². The third-order valence-corrected chi connectivity index (χ3v) is 7.15. The highest BCUT2D eigenvalue weighted by Crippen LogP contribution is 2.36. The van der Waals surface area contributed by atoms with E-state index in [1.54, 1.807) is 43.9 Å². The molecule has 3 aromatic rings. The standard InChI is InChI=1S/C29H32N2O7S/c1-6-13-37-22-10-8-7-9-21(22)26-25(28(33)38-15-14-34-3)18(2)30-29-31(26)27(32)24(39-29)16-19-11-12-20(35-4)17-23(19)36-5/h7-12,16-17,26H,6,13-15H2,1-5H3/b24-16+/t26-/m1/s1. The van der Waals surface area contributed by atoms with E-state index in [4.69, 9.17) is 23.7 Å². The van der Waals surface area contributed by atoms with Crippen LogP contribution in [0, 0.1) is 0 Å². The first-order valence-electron chi connectivity index (χ1n) is 12.6. The van der Waals surface area contributed by atoms with Crippen LogP contribution in [-0.2, 0) is 14.3 Å². The van der Waals surface area contributed by atoms with Crippen molar-refractivity contribution in [2.24, 2.45) is 4.99 Å². The van der Waals surface area contributed by atoms with Gasteiger partial charge in [-0.2, -0.15) is 0 Å². The van der Waals surface area contributed by atoms with Crippen molar-refractivity contribution in [3.63, 3.8) is 0 Å². The molecule has 0 unspecified atom stereocenters. The van der Waals surface area contributed by atoms with E-state index in [0.29, 0.717) is 50.0 Å². The van der Waals surface area contributed by atoms with E-state index >= 15 is 0 Å². The predicted molar refractivity (Wildman–Crippen MR) is 148 cm³/mol. The fourth-order valence-electron chi connectivity index (χ4n) is 4.30. The Morgan fingerprint density at radius 3 is 2.56 bits per heavy atom. The molecular weight excluding hydrogens is 520 g/mol. The lowest BCUT2D eigenvalue weighted by atomic mass is 9.95. The van der Waals surface area contributed by atoms with E-state index in [9.17, 15) is 9.59 Å².